The Balaban J connectivity index is 1.98. The molecule has 5 amide bonds. The number of H-pyrrole nitrogens is 1. The first-order chi connectivity index (χ1) is 21.8. The third kappa shape index (κ3) is 10.3. The molecule has 13 heteroatoms. The largest absolute Gasteiger partial charge is 0.497 e. The highest BCUT2D eigenvalue weighted by molar-refractivity contribution is 5.97. The first-order valence-electron chi connectivity index (χ1n) is 16.0. The molecule has 0 saturated carbocycles. The Morgan fingerprint density at radius 3 is 2.24 bits per heavy atom. The minimum absolute atomic E-state index is 0.00738. The summed E-state index contributed by atoms with van der Waals surface area (Å²) in [5.41, 5.74) is 1.71. The van der Waals surface area contributed by atoms with E-state index in [2.05, 4.69) is 31.5 Å². The lowest BCUT2D eigenvalue weighted by Gasteiger charge is -2.31. The summed E-state index contributed by atoms with van der Waals surface area (Å²) in [7, 11) is 1.55. The average molecular weight is 640 g/mol. The number of hydrogen-bond donors (Lipinski definition) is 5. The molecule has 2 aromatic rings. The van der Waals surface area contributed by atoms with Crippen molar-refractivity contribution in [3.63, 3.8) is 0 Å². The smallest absolute Gasteiger partial charge is 0.274 e. The second kappa shape index (κ2) is 16.8. The highest BCUT2D eigenvalue weighted by atomic mass is 16.5. The lowest BCUT2D eigenvalue weighted by molar-refractivity contribution is -0.133. The van der Waals surface area contributed by atoms with Crippen LogP contribution in [0.1, 0.15) is 76.1 Å². The number of amides is 5. The molecule has 0 bridgehead atoms. The van der Waals surface area contributed by atoms with Gasteiger partial charge in [-0.25, -0.2) is 0 Å². The number of carbonyl (C=O) groups is 5. The van der Waals surface area contributed by atoms with E-state index in [1.807, 2.05) is 34.6 Å². The maximum absolute atomic E-state index is 13.7. The van der Waals surface area contributed by atoms with Crippen molar-refractivity contribution >= 4 is 29.5 Å². The van der Waals surface area contributed by atoms with E-state index in [9.17, 15) is 24.0 Å². The van der Waals surface area contributed by atoms with Crippen LogP contribution in [0.25, 0.3) is 0 Å². The molecule has 0 radical (unpaired) electrons. The number of benzene rings is 1. The molecule has 4 atom stereocenters. The summed E-state index contributed by atoms with van der Waals surface area (Å²) in [5.74, 6) is -2.04. The van der Waals surface area contributed by atoms with Crippen LogP contribution in [0, 0.1) is 11.8 Å². The number of rotatable bonds is 9. The molecule has 0 spiro atoms. The van der Waals surface area contributed by atoms with Crippen LogP contribution in [-0.4, -0.2) is 89.0 Å². The molecule has 1 aromatic heterocycles. The van der Waals surface area contributed by atoms with Crippen molar-refractivity contribution in [3.8, 4) is 5.75 Å². The van der Waals surface area contributed by atoms with E-state index in [0.717, 1.165) is 17.7 Å². The van der Waals surface area contributed by atoms with E-state index < -0.39 is 53.7 Å². The average Bonchev–Trinajstić information content (AvgIpc) is 3.47. The molecule has 1 fully saturated rings. The number of aromatic nitrogens is 2. The molecule has 1 saturated heterocycles. The van der Waals surface area contributed by atoms with Gasteiger partial charge in [-0.1, -0.05) is 53.2 Å². The van der Waals surface area contributed by atoms with E-state index in [0.29, 0.717) is 18.6 Å². The molecule has 13 nitrogen and oxygen atoms in total. The minimum atomic E-state index is -1.04. The van der Waals surface area contributed by atoms with Gasteiger partial charge in [-0.3, -0.25) is 29.1 Å². The maximum atomic E-state index is 13.7. The number of hydrogen-bond acceptors (Lipinski definition) is 7. The molecular weight excluding hydrogens is 590 g/mol. The van der Waals surface area contributed by atoms with Crippen LogP contribution in [-0.2, 0) is 32.0 Å². The van der Waals surface area contributed by atoms with Crippen LogP contribution < -0.4 is 26.0 Å². The van der Waals surface area contributed by atoms with Gasteiger partial charge in [-0.05, 0) is 55.4 Å². The molecule has 1 aliphatic rings. The number of methoxy groups -OCH3 is 1. The van der Waals surface area contributed by atoms with Crippen LogP contribution in [0.15, 0.2) is 30.3 Å². The molecule has 2 heterocycles. The van der Waals surface area contributed by atoms with Gasteiger partial charge in [0.1, 0.15) is 29.6 Å². The van der Waals surface area contributed by atoms with Gasteiger partial charge in [0, 0.05) is 24.7 Å². The van der Waals surface area contributed by atoms with E-state index in [4.69, 9.17) is 4.74 Å². The van der Waals surface area contributed by atoms with Crippen molar-refractivity contribution in [2.75, 3.05) is 20.2 Å². The SMILES string of the molecule is CCCc1cc(C(=O)N2CC(=O)N[C@@H](CC(C)C)C(=O)N[C@@H](Cc3ccc(OC)cc3)C(=O)N[C@H](C)C(=O)N[C@@H](C(C)C)C2)n[nH]1. The topological polar surface area (TPSA) is 175 Å². The first kappa shape index (κ1) is 36.1. The van der Waals surface area contributed by atoms with E-state index in [1.165, 1.54) is 4.90 Å². The van der Waals surface area contributed by atoms with E-state index in [1.54, 1.807) is 44.4 Å². The molecular formula is C33H49N7O6. The number of aromatic amines is 1. The Bertz CT molecular complexity index is 1360. The van der Waals surface area contributed by atoms with Crippen LogP contribution in [0.4, 0.5) is 0 Å². The van der Waals surface area contributed by atoms with Crippen LogP contribution in [0.3, 0.4) is 0 Å². The van der Waals surface area contributed by atoms with Gasteiger partial charge >= 0.3 is 0 Å². The minimum Gasteiger partial charge on any atom is -0.497 e. The monoisotopic (exact) mass is 639 g/mol. The summed E-state index contributed by atoms with van der Waals surface area (Å²) in [6, 6.07) is 5.25. The lowest BCUT2D eigenvalue weighted by Crippen LogP contribution is -2.57. The highest BCUT2D eigenvalue weighted by Gasteiger charge is 2.33. The molecule has 3 rings (SSSR count). The van der Waals surface area contributed by atoms with Crippen molar-refractivity contribution in [1.29, 1.82) is 0 Å². The summed E-state index contributed by atoms with van der Waals surface area (Å²) in [4.78, 5) is 69.1. The van der Waals surface area contributed by atoms with Crippen molar-refractivity contribution < 1.29 is 28.7 Å². The normalized spacial score (nSPS) is 22.0. The summed E-state index contributed by atoms with van der Waals surface area (Å²) >= 11 is 0. The van der Waals surface area contributed by atoms with Crippen molar-refractivity contribution in [1.82, 2.24) is 36.4 Å². The summed E-state index contributed by atoms with van der Waals surface area (Å²) < 4.78 is 5.23. The van der Waals surface area contributed by atoms with Gasteiger partial charge in [-0.2, -0.15) is 5.10 Å². The Morgan fingerprint density at radius 2 is 1.63 bits per heavy atom. The fourth-order valence-corrected chi connectivity index (χ4v) is 5.19. The Labute approximate surface area is 271 Å². The second-order valence-electron chi connectivity index (χ2n) is 12.7. The summed E-state index contributed by atoms with van der Waals surface area (Å²) in [5, 5.41) is 18.3. The fraction of sp³-hybridized carbons (Fsp3) is 0.576. The highest BCUT2D eigenvalue weighted by Crippen LogP contribution is 2.15. The van der Waals surface area contributed by atoms with Gasteiger partial charge in [0.05, 0.1) is 13.7 Å². The van der Waals surface area contributed by atoms with Crippen LogP contribution >= 0.6 is 0 Å². The maximum Gasteiger partial charge on any atom is 0.274 e. The number of ether oxygens (including phenoxy) is 1. The predicted octanol–water partition coefficient (Wildman–Crippen LogP) is 1.73. The van der Waals surface area contributed by atoms with Gasteiger partial charge in [-0.15, -0.1) is 0 Å². The van der Waals surface area contributed by atoms with E-state index in [-0.39, 0.29) is 37.0 Å². The van der Waals surface area contributed by atoms with Gasteiger partial charge in [0.25, 0.3) is 5.91 Å². The van der Waals surface area contributed by atoms with Crippen LogP contribution in [0.5, 0.6) is 5.75 Å². The third-order valence-electron chi connectivity index (χ3n) is 7.88. The van der Waals surface area contributed by atoms with Crippen molar-refractivity contribution in [3.05, 3.63) is 47.3 Å². The van der Waals surface area contributed by atoms with Crippen molar-refractivity contribution in [2.24, 2.45) is 11.8 Å². The van der Waals surface area contributed by atoms with Crippen molar-refractivity contribution in [2.45, 2.75) is 91.4 Å². The summed E-state index contributed by atoms with van der Waals surface area (Å²) in [6.45, 7) is 10.8. The Hall–Kier alpha value is -4.42. The zero-order chi connectivity index (χ0) is 34.0. The molecule has 252 valence electrons. The molecule has 5 N–H and O–H groups in total. The van der Waals surface area contributed by atoms with Gasteiger partial charge in [0.15, 0.2) is 0 Å². The number of nitrogens with zero attached hydrogens (tertiary/aromatic N) is 2. The Kier molecular flexibility index (Phi) is 13.1. The third-order valence-corrected chi connectivity index (χ3v) is 7.88. The lowest BCUT2D eigenvalue weighted by atomic mass is 10.0. The molecule has 1 aromatic carbocycles. The van der Waals surface area contributed by atoms with Gasteiger partial charge in [0.2, 0.25) is 23.6 Å². The number of nitrogens with one attached hydrogen (secondary N) is 5. The summed E-state index contributed by atoms with van der Waals surface area (Å²) in [6.07, 6.45) is 2.00. The molecule has 1 aliphatic heterocycles. The number of carbonyl (C=O) groups excluding carboxylic acids is 5. The van der Waals surface area contributed by atoms with E-state index >= 15 is 0 Å². The zero-order valence-corrected chi connectivity index (χ0v) is 27.9. The van der Waals surface area contributed by atoms with Crippen LogP contribution in [0.2, 0.25) is 0 Å². The zero-order valence-electron chi connectivity index (χ0n) is 27.9. The molecule has 0 aliphatic carbocycles. The van der Waals surface area contributed by atoms with Gasteiger partial charge < -0.3 is 30.9 Å². The molecule has 46 heavy (non-hydrogen) atoms. The fourth-order valence-electron chi connectivity index (χ4n) is 5.19. The molecule has 0 unspecified atom stereocenters. The predicted molar refractivity (Wildman–Crippen MR) is 173 cm³/mol. The Morgan fingerprint density at radius 1 is 0.957 bits per heavy atom. The first-order valence-corrected chi connectivity index (χ1v) is 16.0. The quantitative estimate of drug-likeness (QED) is 0.278. The number of aryl methyl sites for hydroxylation is 1. The standard InChI is InChI=1S/C33H49N7O6/c1-8-9-23-16-27(39-38-23)33(45)40-17-28(20(4)5)37-30(42)21(6)34-31(43)26(15-22-10-12-24(46-7)13-11-22)36-32(44)25(14-19(2)3)35-29(41)18-40/h10-13,16,19-21,25-26,28H,8-9,14-15,17-18H2,1-7H3,(H,34,43)(H,35,41)(H,36,44)(H,37,42)(H,38,39)/t21-,25+,26+,28-/m1/s1. The second-order valence-corrected chi connectivity index (χ2v) is 12.7.